The SMILES string of the molecule is Cc1nc(N(C)c2ccc(F)cc2F)ccc1N. The average Bonchev–Trinajstić information content (AvgIpc) is 2.32. The van der Waals surface area contributed by atoms with E-state index in [9.17, 15) is 8.78 Å². The van der Waals surface area contributed by atoms with Crippen molar-refractivity contribution >= 4 is 17.2 Å². The molecule has 0 fully saturated rings. The minimum atomic E-state index is -0.631. The zero-order valence-electron chi connectivity index (χ0n) is 10.1. The molecule has 1 aromatic carbocycles. The van der Waals surface area contributed by atoms with E-state index in [0.717, 1.165) is 6.07 Å². The Morgan fingerprint density at radius 3 is 2.50 bits per heavy atom. The van der Waals surface area contributed by atoms with Gasteiger partial charge in [0.1, 0.15) is 17.5 Å². The summed E-state index contributed by atoms with van der Waals surface area (Å²) in [4.78, 5) is 5.80. The van der Waals surface area contributed by atoms with Gasteiger partial charge in [-0.15, -0.1) is 0 Å². The van der Waals surface area contributed by atoms with E-state index in [2.05, 4.69) is 4.98 Å². The molecule has 0 saturated carbocycles. The number of rotatable bonds is 2. The molecule has 1 aromatic heterocycles. The summed E-state index contributed by atoms with van der Waals surface area (Å²) in [6, 6.07) is 6.81. The molecule has 0 spiro atoms. The first-order chi connectivity index (χ1) is 8.49. The first-order valence-corrected chi connectivity index (χ1v) is 5.41. The van der Waals surface area contributed by atoms with Crippen molar-refractivity contribution in [3.05, 3.63) is 47.7 Å². The van der Waals surface area contributed by atoms with Gasteiger partial charge in [0, 0.05) is 13.1 Å². The second-order valence-electron chi connectivity index (χ2n) is 4.00. The van der Waals surface area contributed by atoms with Gasteiger partial charge in [0.05, 0.1) is 17.1 Å². The Hall–Kier alpha value is -2.17. The van der Waals surface area contributed by atoms with Gasteiger partial charge in [-0.3, -0.25) is 0 Å². The predicted octanol–water partition coefficient (Wildman–Crippen LogP) is 3.02. The number of hydrogen-bond acceptors (Lipinski definition) is 3. The van der Waals surface area contributed by atoms with E-state index >= 15 is 0 Å². The fourth-order valence-electron chi connectivity index (χ4n) is 1.62. The molecule has 0 atom stereocenters. The highest BCUT2D eigenvalue weighted by Gasteiger charge is 2.12. The van der Waals surface area contributed by atoms with Gasteiger partial charge < -0.3 is 10.6 Å². The van der Waals surface area contributed by atoms with Gasteiger partial charge in [0.15, 0.2) is 0 Å². The lowest BCUT2D eigenvalue weighted by molar-refractivity contribution is 0.583. The molecule has 5 heteroatoms. The molecule has 0 unspecified atom stereocenters. The third kappa shape index (κ3) is 2.25. The summed E-state index contributed by atoms with van der Waals surface area (Å²) in [7, 11) is 1.66. The van der Waals surface area contributed by atoms with E-state index in [4.69, 9.17) is 5.73 Å². The molecule has 0 aliphatic heterocycles. The summed E-state index contributed by atoms with van der Waals surface area (Å²) >= 11 is 0. The first kappa shape index (κ1) is 12.3. The van der Waals surface area contributed by atoms with Crippen molar-refractivity contribution in [3.8, 4) is 0 Å². The van der Waals surface area contributed by atoms with Gasteiger partial charge in [-0.2, -0.15) is 0 Å². The predicted molar refractivity (Wildman–Crippen MR) is 67.8 cm³/mol. The van der Waals surface area contributed by atoms with Gasteiger partial charge in [0.2, 0.25) is 0 Å². The number of nitrogen functional groups attached to an aromatic ring is 1. The Balaban J connectivity index is 2.41. The van der Waals surface area contributed by atoms with Crippen molar-refractivity contribution in [2.75, 3.05) is 17.7 Å². The second-order valence-corrected chi connectivity index (χ2v) is 4.00. The van der Waals surface area contributed by atoms with Gasteiger partial charge in [-0.1, -0.05) is 0 Å². The molecule has 94 valence electrons. The number of benzene rings is 1. The molecule has 18 heavy (non-hydrogen) atoms. The van der Waals surface area contributed by atoms with Crippen molar-refractivity contribution in [1.82, 2.24) is 4.98 Å². The zero-order valence-corrected chi connectivity index (χ0v) is 10.1. The monoisotopic (exact) mass is 249 g/mol. The van der Waals surface area contributed by atoms with Crippen LogP contribution < -0.4 is 10.6 Å². The van der Waals surface area contributed by atoms with Gasteiger partial charge >= 0.3 is 0 Å². The van der Waals surface area contributed by atoms with Crippen LogP contribution in [0.4, 0.5) is 26.0 Å². The van der Waals surface area contributed by atoms with Crippen molar-refractivity contribution in [2.45, 2.75) is 6.92 Å². The molecule has 0 saturated heterocycles. The van der Waals surface area contributed by atoms with Crippen LogP contribution in [-0.4, -0.2) is 12.0 Å². The van der Waals surface area contributed by atoms with Crippen LogP contribution in [0.15, 0.2) is 30.3 Å². The van der Waals surface area contributed by atoms with Crippen LogP contribution in [0.1, 0.15) is 5.69 Å². The highest BCUT2D eigenvalue weighted by Crippen LogP contribution is 2.26. The van der Waals surface area contributed by atoms with Crippen LogP contribution in [0.25, 0.3) is 0 Å². The van der Waals surface area contributed by atoms with E-state index in [0.29, 0.717) is 17.2 Å². The number of halogens is 2. The van der Waals surface area contributed by atoms with Gasteiger partial charge in [0.25, 0.3) is 0 Å². The molecule has 0 radical (unpaired) electrons. The Bertz CT molecular complexity index is 584. The topological polar surface area (TPSA) is 42.2 Å². The van der Waals surface area contributed by atoms with Crippen molar-refractivity contribution in [2.24, 2.45) is 0 Å². The largest absolute Gasteiger partial charge is 0.397 e. The lowest BCUT2D eigenvalue weighted by atomic mass is 10.2. The molecule has 0 aliphatic rings. The molecule has 3 nitrogen and oxygen atoms in total. The second kappa shape index (κ2) is 4.60. The van der Waals surface area contributed by atoms with E-state index in [-0.39, 0.29) is 5.69 Å². The van der Waals surface area contributed by atoms with Gasteiger partial charge in [-0.25, -0.2) is 13.8 Å². The minimum Gasteiger partial charge on any atom is -0.397 e. The summed E-state index contributed by atoms with van der Waals surface area (Å²) in [6.45, 7) is 1.77. The van der Waals surface area contributed by atoms with Crippen LogP contribution in [0.2, 0.25) is 0 Å². The number of aryl methyl sites for hydroxylation is 1. The normalized spacial score (nSPS) is 10.4. The van der Waals surface area contributed by atoms with Gasteiger partial charge in [-0.05, 0) is 31.2 Å². The molecule has 2 rings (SSSR count). The Morgan fingerprint density at radius 1 is 1.17 bits per heavy atom. The highest BCUT2D eigenvalue weighted by molar-refractivity contribution is 5.61. The van der Waals surface area contributed by atoms with Crippen LogP contribution >= 0.6 is 0 Å². The summed E-state index contributed by atoms with van der Waals surface area (Å²) in [6.07, 6.45) is 0. The zero-order chi connectivity index (χ0) is 13.3. The van der Waals surface area contributed by atoms with E-state index in [1.54, 1.807) is 31.0 Å². The van der Waals surface area contributed by atoms with Crippen LogP contribution in [0.5, 0.6) is 0 Å². The minimum absolute atomic E-state index is 0.257. The third-order valence-corrected chi connectivity index (χ3v) is 2.73. The van der Waals surface area contributed by atoms with Crippen LogP contribution in [0.3, 0.4) is 0 Å². The van der Waals surface area contributed by atoms with E-state index in [1.807, 2.05) is 0 Å². The summed E-state index contributed by atoms with van der Waals surface area (Å²) in [5, 5.41) is 0. The number of anilines is 3. The summed E-state index contributed by atoms with van der Waals surface area (Å²) < 4.78 is 26.5. The Morgan fingerprint density at radius 2 is 1.89 bits per heavy atom. The molecule has 1 heterocycles. The lowest BCUT2D eigenvalue weighted by Gasteiger charge is -2.19. The standard InChI is InChI=1S/C13H13F2N3/c1-8-11(16)4-6-13(17-8)18(2)12-5-3-9(14)7-10(12)15/h3-7H,16H2,1-2H3. The van der Waals surface area contributed by atoms with E-state index in [1.165, 1.54) is 12.1 Å². The van der Waals surface area contributed by atoms with Crippen molar-refractivity contribution < 1.29 is 8.78 Å². The average molecular weight is 249 g/mol. The smallest absolute Gasteiger partial charge is 0.149 e. The number of pyridine rings is 1. The van der Waals surface area contributed by atoms with E-state index < -0.39 is 11.6 Å². The summed E-state index contributed by atoms with van der Waals surface area (Å²) in [5.74, 6) is -0.688. The summed E-state index contributed by atoms with van der Waals surface area (Å²) in [5.41, 5.74) is 7.17. The molecule has 0 amide bonds. The number of nitrogens with zero attached hydrogens (tertiary/aromatic N) is 2. The number of aromatic nitrogens is 1. The molecule has 0 aliphatic carbocycles. The Labute approximate surface area is 104 Å². The maximum absolute atomic E-state index is 13.6. The third-order valence-electron chi connectivity index (χ3n) is 2.73. The van der Waals surface area contributed by atoms with Crippen molar-refractivity contribution in [3.63, 3.8) is 0 Å². The molecule has 0 bridgehead atoms. The van der Waals surface area contributed by atoms with Crippen LogP contribution in [-0.2, 0) is 0 Å². The number of nitrogens with two attached hydrogens (primary N) is 1. The molecular weight excluding hydrogens is 236 g/mol. The van der Waals surface area contributed by atoms with Crippen molar-refractivity contribution in [1.29, 1.82) is 0 Å². The van der Waals surface area contributed by atoms with Crippen LogP contribution in [0, 0.1) is 18.6 Å². The lowest BCUT2D eigenvalue weighted by Crippen LogP contribution is -2.13. The maximum Gasteiger partial charge on any atom is 0.149 e. The molecule has 2 N–H and O–H groups in total. The highest BCUT2D eigenvalue weighted by atomic mass is 19.1. The molecular formula is C13H13F2N3. The fraction of sp³-hybridized carbons (Fsp3) is 0.154. The molecule has 2 aromatic rings. The maximum atomic E-state index is 13.6. The first-order valence-electron chi connectivity index (χ1n) is 5.41. The fourth-order valence-corrected chi connectivity index (χ4v) is 1.62. The number of hydrogen-bond donors (Lipinski definition) is 1. The quantitative estimate of drug-likeness (QED) is 0.889. The Kier molecular flexibility index (Phi) is 3.14.